The van der Waals surface area contributed by atoms with E-state index in [1.807, 2.05) is 60.7 Å². The molecule has 1 fully saturated rings. The van der Waals surface area contributed by atoms with Gasteiger partial charge in [0.1, 0.15) is 0 Å². The maximum atomic E-state index is 8.19. The summed E-state index contributed by atoms with van der Waals surface area (Å²) in [6.45, 7) is 16.1. The number of benzene rings is 2. The largest absolute Gasteiger partial charge is 3.00 e. The van der Waals surface area contributed by atoms with Crippen LogP contribution in [-0.4, -0.2) is 5.48 Å². The molecule has 3 rings (SSSR count). The second kappa shape index (κ2) is 15.8. The van der Waals surface area contributed by atoms with E-state index in [9.17, 15) is 0 Å². The fourth-order valence-corrected chi connectivity index (χ4v) is 4.18. The first-order valence-electron chi connectivity index (χ1n) is 9.98. The van der Waals surface area contributed by atoms with Crippen molar-refractivity contribution in [2.45, 2.75) is 54.0 Å². The molecule has 0 amide bonds. The molecule has 2 aromatic rings. The third kappa shape index (κ3) is 8.27. The van der Waals surface area contributed by atoms with Gasteiger partial charge in [0, 0.05) is 0 Å². The maximum absolute atomic E-state index is 8.19. The number of nitrogens with one attached hydrogen (secondary N) is 1. The minimum atomic E-state index is -0.302. The normalized spacial score (nSPS) is 26.2. The Hall–Kier alpha value is -0.991. The van der Waals surface area contributed by atoms with Crippen molar-refractivity contribution in [3.05, 3.63) is 91.9 Å². The number of rotatable bonds is 3. The van der Waals surface area contributed by atoms with Gasteiger partial charge < -0.3 is 25.6 Å². The Labute approximate surface area is 200 Å². The van der Waals surface area contributed by atoms with Gasteiger partial charge in [-0.2, -0.15) is 5.92 Å². The van der Waals surface area contributed by atoms with Crippen LogP contribution in [0.1, 0.15) is 65.1 Å². The van der Waals surface area contributed by atoms with Crippen molar-refractivity contribution in [3.63, 3.8) is 0 Å². The van der Waals surface area contributed by atoms with Gasteiger partial charge in [-0.05, 0) is 29.6 Å². The topological polar surface area (TPSA) is 55.3 Å². The van der Waals surface area contributed by atoms with E-state index >= 15 is 0 Å². The van der Waals surface area contributed by atoms with Crippen LogP contribution in [0.2, 0.25) is 0 Å². The molecule has 1 unspecified atom stereocenters. The van der Waals surface area contributed by atoms with E-state index in [-0.39, 0.29) is 52.4 Å². The summed E-state index contributed by atoms with van der Waals surface area (Å²) < 4.78 is 0. The summed E-state index contributed by atoms with van der Waals surface area (Å²) in [6.07, 6.45) is 0. The van der Waals surface area contributed by atoms with E-state index in [0.717, 1.165) is 40.7 Å². The molecule has 1 aliphatic rings. The molecule has 0 saturated heterocycles. The number of hydrogen-bond acceptors (Lipinski definition) is 0. The van der Waals surface area contributed by atoms with Gasteiger partial charge in [0.15, 0.2) is 0 Å². The summed E-state index contributed by atoms with van der Waals surface area (Å²) in [6, 6.07) is 19.6. The summed E-state index contributed by atoms with van der Waals surface area (Å²) in [5.41, 5.74) is 10.3. The van der Waals surface area contributed by atoms with Crippen LogP contribution in [0.4, 0.5) is 0 Å². The van der Waals surface area contributed by atoms with Crippen molar-refractivity contribution in [1.29, 1.82) is 0 Å². The predicted molar refractivity (Wildman–Crippen MR) is 131 cm³/mol. The van der Waals surface area contributed by atoms with Crippen LogP contribution in [0.3, 0.4) is 0 Å². The molecule has 1 aliphatic carbocycles. The second-order valence-electron chi connectivity index (χ2n) is 8.20. The predicted octanol–water partition coefficient (Wildman–Crippen LogP) is 7.84. The summed E-state index contributed by atoms with van der Waals surface area (Å²) in [7, 11) is 0. The van der Waals surface area contributed by atoms with E-state index in [1.54, 1.807) is 0 Å². The van der Waals surface area contributed by atoms with Crippen LogP contribution in [0.15, 0.2) is 60.7 Å². The molecule has 2 aromatic carbocycles. The van der Waals surface area contributed by atoms with Gasteiger partial charge in [0.05, 0.1) is 0 Å². The smallest absolute Gasteiger partial charge is 0.672 e. The van der Waals surface area contributed by atoms with Crippen molar-refractivity contribution in [1.82, 2.24) is 0 Å². The zero-order valence-electron chi connectivity index (χ0n) is 18.9. The molecule has 0 aliphatic heterocycles. The molecule has 1 saturated carbocycles. The Morgan fingerprint density at radius 3 is 1.23 bits per heavy atom. The van der Waals surface area contributed by atoms with E-state index < -0.39 is 0 Å². The van der Waals surface area contributed by atoms with Crippen molar-refractivity contribution >= 4 is 0 Å². The molecule has 0 radical (unpaired) electrons. The van der Waals surface area contributed by atoms with Crippen LogP contribution in [0, 0.1) is 43.9 Å². The van der Waals surface area contributed by atoms with E-state index in [2.05, 4.69) is 41.5 Å². The van der Waals surface area contributed by atoms with Gasteiger partial charge in [0.2, 0.25) is 0 Å². The van der Waals surface area contributed by atoms with Crippen LogP contribution in [0.25, 0.3) is 5.73 Å². The molecular weight excluding hydrogens is 547 g/mol. The Morgan fingerprint density at radius 2 is 0.933 bits per heavy atom. The summed E-state index contributed by atoms with van der Waals surface area (Å²) in [5.74, 6) is 4.65. The zero-order chi connectivity index (χ0) is 19.3. The minimum Gasteiger partial charge on any atom is -0.672 e. The summed E-state index contributed by atoms with van der Waals surface area (Å²) in [4.78, 5) is 0. The molecule has 0 heterocycles. The molecule has 172 valence electrons. The average molecular weight is 591 g/mol. The Kier molecular flexibility index (Phi) is 17.7. The third-order valence-corrected chi connectivity index (χ3v) is 6.94. The van der Waals surface area contributed by atoms with Crippen molar-refractivity contribution in [3.8, 4) is 0 Å². The molecule has 0 bridgehead atoms. The minimum absolute atomic E-state index is 0. The van der Waals surface area contributed by atoms with Gasteiger partial charge in [0.25, 0.3) is 0 Å². The van der Waals surface area contributed by atoms with Crippen molar-refractivity contribution < 1.29 is 25.6 Å². The molecular formula is C27H44IrNO. The first-order valence-corrected chi connectivity index (χ1v) is 9.98. The van der Waals surface area contributed by atoms with Crippen LogP contribution in [0.5, 0.6) is 0 Å². The summed E-state index contributed by atoms with van der Waals surface area (Å²) >= 11 is 0. The maximum Gasteiger partial charge on any atom is 3.00 e. The molecule has 0 aromatic heterocycles. The van der Waals surface area contributed by atoms with Gasteiger partial charge in [-0.1, -0.05) is 114 Å². The Balaban J connectivity index is -0.000000463. The van der Waals surface area contributed by atoms with Gasteiger partial charge in [-0.3, -0.25) is 0 Å². The molecule has 2 nitrogen and oxygen atoms in total. The summed E-state index contributed by atoms with van der Waals surface area (Å²) in [5, 5.41) is 0. The Morgan fingerprint density at radius 1 is 0.667 bits per heavy atom. The second-order valence-corrected chi connectivity index (χ2v) is 8.20. The van der Waals surface area contributed by atoms with Crippen LogP contribution < -0.4 is 0 Å². The van der Waals surface area contributed by atoms with Crippen LogP contribution in [-0.2, 0) is 20.1 Å². The van der Waals surface area contributed by atoms with Gasteiger partial charge in [-0.25, -0.2) is 0 Å². The molecule has 2 atom stereocenters. The van der Waals surface area contributed by atoms with Gasteiger partial charge in [-0.15, -0.1) is 6.04 Å². The van der Waals surface area contributed by atoms with E-state index in [0.29, 0.717) is 0 Å². The van der Waals surface area contributed by atoms with Crippen LogP contribution >= 0.6 is 0 Å². The first kappa shape index (κ1) is 33.6. The number of hydrogen-bond donors (Lipinski definition) is 0. The van der Waals surface area contributed by atoms with Crippen molar-refractivity contribution in [2.75, 3.05) is 0 Å². The third-order valence-electron chi connectivity index (χ3n) is 6.94. The quantitative estimate of drug-likeness (QED) is 0.327. The Bertz CT molecular complexity index is 560. The fraction of sp³-hybridized carbons (Fsp3) is 0.481. The monoisotopic (exact) mass is 591 g/mol. The SMILES string of the molecule is C.CC1C(C)C(C)C(C)C1C.O.[CH2-][C@H](c1ccccc1)C([NH-])c1ccccc1.[CH3-].[Ir+3]. The standard InChI is InChI=1S/C15H15N.C10H20.CH4.CH3.Ir.H2O/c1-12(13-8-4-2-5-9-13)15(16)14-10-6-3-7-11-14;1-6-7(2)9(4)10(5)8(6)3;;;;/h2-12,15-16H,1H2;6-10H,1-5H3;1H4;1H3;;1H2/q-2;;;-1;+3;/t12-,15?;;;;;/m1...../s1. The molecule has 0 spiro atoms. The first-order chi connectivity index (χ1) is 12.3. The van der Waals surface area contributed by atoms with Crippen molar-refractivity contribution in [2.24, 2.45) is 29.6 Å². The van der Waals surface area contributed by atoms with Gasteiger partial charge >= 0.3 is 20.1 Å². The zero-order valence-corrected chi connectivity index (χ0v) is 21.3. The van der Waals surface area contributed by atoms with E-state index in [1.165, 1.54) is 0 Å². The molecule has 30 heavy (non-hydrogen) atoms. The molecule has 3 heteroatoms. The molecule has 3 N–H and O–H groups in total. The average Bonchev–Trinajstić information content (AvgIpc) is 2.86. The fourth-order valence-electron chi connectivity index (χ4n) is 4.18. The van der Waals surface area contributed by atoms with E-state index in [4.69, 9.17) is 5.73 Å².